The molecule has 0 aliphatic rings. The van der Waals surface area contributed by atoms with Crippen molar-refractivity contribution in [2.24, 2.45) is 0 Å². The fourth-order valence-electron chi connectivity index (χ4n) is 3.45. The molecular formula is C27H24FO5PS2Tl. The molecule has 5 nitrogen and oxygen atoms in total. The van der Waals surface area contributed by atoms with Crippen LogP contribution in [0.1, 0.15) is 26.7 Å². The first-order valence-electron chi connectivity index (χ1n) is 10.8. The Morgan fingerprint density at radius 1 is 0.946 bits per heavy atom. The van der Waals surface area contributed by atoms with Crippen molar-refractivity contribution in [1.82, 2.24) is 0 Å². The molecule has 10 heteroatoms. The molecule has 0 aliphatic carbocycles. The van der Waals surface area contributed by atoms with Crippen LogP contribution in [0.2, 0.25) is 0 Å². The van der Waals surface area contributed by atoms with Crippen LogP contribution in [-0.4, -0.2) is 43.3 Å². The van der Waals surface area contributed by atoms with Gasteiger partial charge in [-0.25, -0.2) is 4.39 Å². The van der Waals surface area contributed by atoms with Gasteiger partial charge in [-0.1, -0.05) is 42.5 Å². The maximum absolute atomic E-state index is 15.5. The van der Waals surface area contributed by atoms with Crippen LogP contribution in [-0.2, 0) is 6.61 Å². The second kappa shape index (κ2) is 14.0. The SMILES string of the molecule is O=C(c1ccc(OSP)cc1)C(Sc1c(O)ccc(OCc2ccccc2)c1F)c1cccc(O)c1.[TlH2]. The van der Waals surface area contributed by atoms with E-state index in [0.717, 1.165) is 29.0 Å². The first-order chi connectivity index (χ1) is 17.5. The average molecular weight is 747 g/mol. The quantitative estimate of drug-likeness (QED) is 0.0637. The first kappa shape index (κ1) is 29.3. The van der Waals surface area contributed by atoms with Crippen LogP contribution < -0.4 is 8.92 Å². The summed E-state index contributed by atoms with van der Waals surface area (Å²) in [5.41, 5.74) is 1.69. The molecule has 4 rings (SSSR count). The second-order valence-electron chi connectivity index (χ2n) is 7.66. The Morgan fingerprint density at radius 3 is 2.35 bits per heavy atom. The van der Waals surface area contributed by atoms with Gasteiger partial charge in [-0.05, 0) is 68.1 Å². The molecule has 1 radical (unpaired) electrons. The van der Waals surface area contributed by atoms with Crippen molar-refractivity contribution >= 4 is 64.9 Å². The van der Waals surface area contributed by atoms with Gasteiger partial charge in [0.15, 0.2) is 17.3 Å². The molecule has 0 saturated heterocycles. The third-order valence-corrected chi connectivity index (χ3v) is 7.13. The molecule has 0 saturated carbocycles. The zero-order chi connectivity index (χ0) is 25.5. The van der Waals surface area contributed by atoms with Crippen LogP contribution >= 0.6 is 31.9 Å². The van der Waals surface area contributed by atoms with Crippen LogP contribution in [0.15, 0.2) is 95.9 Å². The van der Waals surface area contributed by atoms with E-state index in [9.17, 15) is 15.0 Å². The molecular weight excluding hydrogens is 723 g/mol. The number of ether oxygens (including phenoxy) is 1. The van der Waals surface area contributed by atoms with Crippen molar-refractivity contribution in [3.05, 3.63) is 114 Å². The van der Waals surface area contributed by atoms with Gasteiger partial charge in [-0.2, -0.15) is 0 Å². The molecule has 0 spiro atoms. The van der Waals surface area contributed by atoms with Crippen molar-refractivity contribution < 1.29 is 28.3 Å². The van der Waals surface area contributed by atoms with E-state index in [0.29, 0.717) is 16.9 Å². The Kier molecular flexibility index (Phi) is 11.1. The van der Waals surface area contributed by atoms with E-state index in [1.807, 2.05) is 30.3 Å². The number of Topliss-reactive ketones (excluding diaryl/α,β-unsaturated/α-hetero) is 1. The maximum atomic E-state index is 15.5. The normalized spacial score (nSPS) is 11.3. The topological polar surface area (TPSA) is 76.0 Å². The number of aromatic hydroxyl groups is 2. The Hall–Kier alpha value is -2.27. The second-order valence-corrected chi connectivity index (χ2v) is 9.71. The molecule has 2 atom stereocenters. The fourth-order valence-corrected chi connectivity index (χ4v) is 5.16. The minimum atomic E-state index is -0.954. The minimum absolute atomic E-state index is 0. The predicted molar refractivity (Wildman–Crippen MR) is 153 cm³/mol. The van der Waals surface area contributed by atoms with E-state index in [4.69, 9.17) is 8.92 Å². The third-order valence-electron chi connectivity index (χ3n) is 5.21. The number of hydrogen-bond donors (Lipinski definition) is 2. The van der Waals surface area contributed by atoms with Gasteiger partial charge in [-0.15, -0.1) is 11.8 Å². The number of carbonyl (C=O) groups is 1. The van der Waals surface area contributed by atoms with Crippen LogP contribution in [0.25, 0.3) is 0 Å². The van der Waals surface area contributed by atoms with Crippen LogP contribution in [0, 0.1) is 5.82 Å². The molecule has 0 fully saturated rings. The molecule has 0 aliphatic heterocycles. The number of carbonyl (C=O) groups excluding carboxylic acids is 1. The summed E-state index contributed by atoms with van der Waals surface area (Å²) >= 11 is 1.95. The molecule has 0 aromatic heterocycles. The average Bonchev–Trinajstić information content (AvgIpc) is 2.89. The van der Waals surface area contributed by atoms with Crippen molar-refractivity contribution in [3.8, 4) is 23.0 Å². The Bertz CT molecular complexity index is 1340. The summed E-state index contributed by atoms with van der Waals surface area (Å²) in [7, 11) is 2.37. The summed E-state index contributed by atoms with van der Waals surface area (Å²) in [6.45, 7) is 0.143. The van der Waals surface area contributed by atoms with Crippen LogP contribution in [0.5, 0.6) is 23.0 Å². The number of halogens is 1. The van der Waals surface area contributed by atoms with Crippen LogP contribution in [0.3, 0.4) is 0 Å². The van der Waals surface area contributed by atoms with Crippen molar-refractivity contribution in [3.63, 3.8) is 0 Å². The Morgan fingerprint density at radius 2 is 1.68 bits per heavy atom. The predicted octanol–water partition coefficient (Wildman–Crippen LogP) is 6.43. The molecule has 2 unspecified atom stereocenters. The summed E-state index contributed by atoms with van der Waals surface area (Å²) in [6.07, 6.45) is 0. The number of hydrogen-bond acceptors (Lipinski definition) is 7. The summed E-state index contributed by atoms with van der Waals surface area (Å²) in [4.78, 5) is 13.4. The molecule has 4 aromatic rings. The fraction of sp³-hybridized carbons (Fsp3) is 0.0741. The van der Waals surface area contributed by atoms with E-state index in [1.54, 1.807) is 36.4 Å². The Labute approximate surface area is 245 Å². The summed E-state index contributed by atoms with van der Waals surface area (Å²) in [6, 6.07) is 24.8. The zero-order valence-corrected chi connectivity index (χ0v) is 30.4. The van der Waals surface area contributed by atoms with Gasteiger partial charge in [0.25, 0.3) is 0 Å². The monoisotopic (exact) mass is 747 g/mol. The van der Waals surface area contributed by atoms with Gasteiger partial charge in [0.05, 0.1) is 21.8 Å². The zero-order valence-electron chi connectivity index (χ0n) is 19.8. The first-order valence-corrected chi connectivity index (χ1v) is 13.9. The number of ketones is 1. The van der Waals surface area contributed by atoms with E-state index < -0.39 is 11.1 Å². The Balaban J connectivity index is 0.00000380. The van der Waals surface area contributed by atoms with Crippen molar-refractivity contribution in [1.29, 1.82) is 0 Å². The van der Waals surface area contributed by atoms with Crippen LogP contribution in [0.4, 0.5) is 4.39 Å². The number of benzene rings is 4. The molecule has 0 amide bonds. The van der Waals surface area contributed by atoms with Gasteiger partial charge in [0.2, 0.25) is 0 Å². The molecule has 0 heterocycles. The van der Waals surface area contributed by atoms with Crippen molar-refractivity contribution in [2.45, 2.75) is 16.8 Å². The number of thioether (sulfide) groups is 1. The van der Waals surface area contributed by atoms with Gasteiger partial charge < -0.3 is 19.1 Å². The van der Waals surface area contributed by atoms with E-state index in [-0.39, 0.29) is 61.8 Å². The van der Waals surface area contributed by atoms with E-state index >= 15 is 4.39 Å². The molecule has 37 heavy (non-hydrogen) atoms. The van der Waals surface area contributed by atoms with Gasteiger partial charge >= 0.3 is 27.3 Å². The van der Waals surface area contributed by atoms with Crippen molar-refractivity contribution in [2.75, 3.05) is 0 Å². The molecule has 4 aromatic carbocycles. The molecule has 0 bridgehead atoms. The third kappa shape index (κ3) is 7.63. The number of phenols is 2. The number of rotatable bonds is 10. The molecule has 189 valence electrons. The molecule has 2 N–H and O–H groups in total. The van der Waals surface area contributed by atoms with E-state index in [2.05, 4.69) is 8.44 Å². The van der Waals surface area contributed by atoms with E-state index in [1.165, 1.54) is 24.3 Å². The van der Waals surface area contributed by atoms with Gasteiger partial charge in [0, 0.05) is 5.56 Å². The summed E-state index contributed by atoms with van der Waals surface area (Å²) in [5.74, 6) is -0.918. The summed E-state index contributed by atoms with van der Waals surface area (Å²) < 4.78 is 26.5. The number of phenolic OH excluding ortho intramolecular Hbond substituents is 2. The standard InChI is InChI=1S/C27H22FO5PS2.Tl.2H/c28-24-23(32-16-17-5-2-1-3-6-17)14-13-22(30)27(24)35-26(19-7-4-8-20(29)15-19)25(31)18-9-11-21(12-10-18)33-36-34;;;/h1-15,26,29-30H,16,34H2;;;. The summed E-state index contributed by atoms with van der Waals surface area (Å²) in [5, 5.41) is 19.6. The van der Waals surface area contributed by atoms with Gasteiger partial charge in [0.1, 0.15) is 23.9 Å². The van der Waals surface area contributed by atoms with Gasteiger partial charge in [-0.3, -0.25) is 4.79 Å².